The molecular formula is C18H23N5O2. The number of nitrogens with zero attached hydrogens (tertiary/aromatic N) is 5. The second-order valence-corrected chi connectivity index (χ2v) is 6.77. The Morgan fingerprint density at radius 3 is 2.92 bits per heavy atom. The van der Waals surface area contributed by atoms with E-state index >= 15 is 0 Å². The summed E-state index contributed by atoms with van der Waals surface area (Å²) in [6.07, 6.45) is 4.27. The van der Waals surface area contributed by atoms with Crippen LogP contribution in [0.3, 0.4) is 0 Å². The molecule has 1 aromatic carbocycles. The Balaban J connectivity index is 1.82. The van der Waals surface area contributed by atoms with Crippen LogP contribution in [-0.4, -0.2) is 48.4 Å². The maximum atomic E-state index is 12.5. The van der Waals surface area contributed by atoms with Gasteiger partial charge in [-0.15, -0.1) is 10.2 Å². The Hall–Kier alpha value is -2.25. The molecule has 0 aliphatic carbocycles. The van der Waals surface area contributed by atoms with Crippen molar-refractivity contribution in [2.45, 2.75) is 38.3 Å². The van der Waals surface area contributed by atoms with Crippen LogP contribution in [0, 0.1) is 0 Å². The largest absolute Gasteiger partial charge is 0.396 e. The molecule has 0 amide bonds. The lowest BCUT2D eigenvalue weighted by Gasteiger charge is -2.34. The van der Waals surface area contributed by atoms with Crippen LogP contribution in [0.1, 0.15) is 31.5 Å². The summed E-state index contributed by atoms with van der Waals surface area (Å²) in [5, 5.41) is 18.7. The summed E-state index contributed by atoms with van der Waals surface area (Å²) >= 11 is 0. The van der Waals surface area contributed by atoms with Crippen LogP contribution < -0.4 is 5.56 Å². The van der Waals surface area contributed by atoms with E-state index in [9.17, 15) is 9.90 Å². The van der Waals surface area contributed by atoms with Gasteiger partial charge in [0.15, 0.2) is 5.82 Å². The highest BCUT2D eigenvalue weighted by atomic mass is 16.3. The fourth-order valence-electron chi connectivity index (χ4n) is 3.92. The Labute approximate surface area is 145 Å². The van der Waals surface area contributed by atoms with Gasteiger partial charge in [0.25, 0.3) is 5.56 Å². The zero-order chi connectivity index (χ0) is 17.4. The number of aryl methyl sites for hydroxylation is 1. The number of benzene rings is 1. The summed E-state index contributed by atoms with van der Waals surface area (Å²) in [6, 6.07) is 7.97. The summed E-state index contributed by atoms with van der Waals surface area (Å²) in [7, 11) is 1.73. The number of para-hydroxylation sites is 1. The number of likely N-dealkylation sites (tertiary alicyclic amines) is 1. The number of aliphatic hydroxyl groups excluding tert-OH is 1. The number of fused-ring (bicyclic) bond motifs is 3. The first-order valence-corrected chi connectivity index (χ1v) is 8.87. The number of rotatable bonds is 4. The van der Waals surface area contributed by atoms with Crippen LogP contribution >= 0.6 is 0 Å². The number of aliphatic hydroxyl groups is 1. The molecule has 25 heavy (non-hydrogen) atoms. The highest BCUT2D eigenvalue weighted by Crippen LogP contribution is 2.22. The Morgan fingerprint density at radius 2 is 2.08 bits per heavy atom. The molecule has 0 spiro atoms. The molecule has 1 N–H and O–H groups in total. The maximum Gasteiger partial charge on any atom is 0.262 e. The van der Waals surface area contributed by atoms with Crippen LogP contribution in [0.5, 0.6) is 0 Å². The summed E-state index contributed by atoms with van der Waals surface area (Å²) in [6.45, 7) is 1.89. The number of hydrogen-bond donors (Lipinski definition) is 1. The van der Waals surface area contributed by atoms with E-state index in [0.717, 1.165) is 37.1 Å². The third-order valence-electron chi connectivity index (χ3n) is 5.25. The van der Waals surface area contributed by atoms with Gasteiger partial charge in [0.1, 0.15) is 0 Å². The molecule has 7 heteroatoms. The first-order valence-electron chi connectivity index (χ1n) is 8.87. The fraction of sp³-hybridized carbons (Fsp3) is 0.500. The van der Waals surface area contributed by atoms with Gasteiger partial charge in [-0.3, -0.25) is 18.7 Å². The SMILES string of the molecule is Cn1c(=O)c2ccccc2n2c(CN3CCCCC3CCO)nnc12. The van der Waals surface area contributed by atoms with Gasteiger partial charge >= 0.3 is 0 Å². The van der Waals surface area contributed by atoms with Crippen LogP contribution in [0.15, 0.2) is 29.1 Å². The van der Waals surface area contributed by atoms with Crippen LogP contribution in [-0.2, 0) is 13.6 Å². The minimum absolute atomic E-state index is 0.0572. The van der Waals surface area contributed by atoms with Gasteiger partial charge in [-0.25, -0.2) is 0 Å². The lowest BCUT2D eigenvalue weighted by atomic mass is 10.00. The van der Waals surface area contributed by atoms with Crippen LogP contribution in [0.4, 0.5) is 0 Å². The quantitative estimate of drug-likeness (QED) is 0.774. The lowest BCUT2D eigenvalue weighted by Crippen LogP contribution is -2.40. The van der Waals surface area contributed by atoms with Crippen molar-refractivity contribution in [3.8, 4) is 0 Å². The van der Waals surface area contributed by atoms with Gasteiger partial charge in [0.05, 0.1) is 17.4 Å². The minimum atomic E-state index is -0.0572. The van der Waals surface area contributed by atoms with E-state index in [1.54, 1.807) is 11.6 Å². The minimum Gasteiger partial charge on any atom is -0.396 e. The van der Waals surface area contributed by atoms with Crippen molar-refractivity contribution in [2.24, 2.45) is 7.05 Å². The second-order valence-electron chi connectivity index (χ2n) is 6.77. The molecule has 2 aromatic heterocycles. The molecule has 1 aliphatic rings. The highest BCUT2D eigenvalue weighted by Gasteiger charge is 2.24. The monoisotopic (exact) mass is 341 g/mol. The predicted molar refractivity (Wildman–Crippen MR) is 95.5 cm³/mol. The number of hydrogen-bond acceptors (Lipinski definition) is 5. The van der Waals surface area contributed by atoms with Crippen molar-refractivity contribution in [2.75, 3.05) is 13.2 Å². The van der Waals surface area contributed by atoms with E-state index in [0.29, 0.717) is 23.8 Å². The van der Waals surface area contributed by atoms with E-state index in [2.05, 4.69) is 15.1 Å². The van der Waals surface area contributed by atoms with Gasteiger partial charge in [-0.05, 0) is 37.9 Å². The van der Waals surface area contributed by atoms with Crippen LogP contribution in [0.2, 0.25) is 0 Å². The second kappa shape index (κ2) is 6.57. The molecule has 3 aromatic rings. The molecule has 1 saturated heterocycles. The van der Waals surface area contributed by atoms with Gasteiger partial charge < -0.3 is 5.11 Å². The van der Waals surface area contributed by atoms with Crippen molar-refractivity contribution in [1.29, 1.82) is 0 Å². The predicted octanol–water partition coefficient (Wildman–Crippen LogP) is 1.32. The molecule has 0 radical (unpaired) electrons. The van der Waals surface area contributed by atoms with Crippen molar-refractivity contribution in [3.05, 3.63) is 40.4 Å². The van der Waals surface area contributed by atoms with Crippen molar-refractivity contribution < 1.29 is 5.11 Å². The molecule has 1 fully saturated rings. The standard InChI is InChI=1S/C18H23N5O2/c1-21-17(25)14-7-2-3-8-15(14)23-16(19-20-18(21)23)12-22-10-5-4-6-13(22)9-11-24/h2-3,7-8,13,24H,4-6,9-12H2,1H3. The normalized spacial score (nSPS) is 19.0. The van der Waals surface area contributed by atoms with Crippen molar-refractivity contribution >= 4 is 16.7 Å². The maximum absolute atomic E-state index is 12.5. The molecule has 1 aliphatic heterocycles. The zero-order valence-electron chi connectivity index (χ0n) is 14.4. The molecule has 1 unspecified atom stereocenters. The van der Waals surface area contributed by atoms with Gasteiger partial charge in [0, 0.05) is 19.7 Å². The van der Waals surface area contributed by atoms with Gasteiger partial charge in [-0.2, -0.15) is 0 Å². The molecule has 0 saturated carbocycles. The smallest absolute Gasteiger partial charge is 0.262 e. The summed E-state index contributed by atoms with van der Waals surface area (Å²) in [5.74, 6) is 1.40. The molecule has 1 atom stereocenters. The molecule has 0 bridgehead atoms. The molecule has 132 valence electrons. The summed E-state index contributed by atoms with van der Waals surface area (Å²) in [5.41, 5.74) is 0.787. The van der Waals surface area contributed by atoms with E-state index in [4.69, 9.17) is 0 Å². The van der Waals surface area contributed by atoms with Gasteiger partial charge in [-0.1, -0.05) is 18.6 Å². The Kier molecular flexibility index (Phi) is 4.27. The zero-order valence-corrected chi connectivity index (χ0v) is 14.4. The average Bonchev–Trinajstić information content (AvgIpc) is 3.05. The third kappa shape index (κ3) is 2.73. The third-order valence-corrected chi connectivity index (χ3v) is 5.25. The molecule has 4 rings (SSSR count). The molecule has 7 nitrogen and oxygen atoms in total. The average molecular weight is 341 g/mol. The van der Waals surface area contributed by atoms with E-state index in [1.807, 2.05) is 28.7 Å². The van der Waals surface area contributed by atoms with Gasteiger partial charge in [0.2, 0.25) is 5.78 Å². The topological polar surface area (TPSA) is 75.7 Å². The van der Waals surface area contributed by atoms with E-state index < -0.39 is 0 Å². The summed E-state index contributed by atoms with van der Waals surface area (Å²) < 4.78 is 3.54. The Morgan fingerprint density at radius 1 is 1.24 bits per heavy atom. The van der Waals surface area contributed by atoms with Crippen LogP contribution in [0.25, 0.3) is 16.7 Å². The highest BCUT2D eigenvalue weighted by molar-refractivity contribution is 5.80. The number of aromatic nitrogens is 4. The van der Waals surface area contributed by atoms with E-state index in [-0.39, 0.29) is 12.2 Å². The van der Waals surface area contributed by atoms with E-state index in [1.165, 1.54) is 6.42 Å². The van der Waals surface area contributed by atoms with Crippen molar-refractivity contribution in [3.63, 3.8) is 0 Å². The molecule has 3 heterocycles. The fourth-order valence-corrected chi connectivity index (χ4v) is 3.92. The first kappa shape index (κ1) is 16.2. The number of piperidine rings is 1. The Bertz CT molecular complexity index is 959. The van der Waals surface area contributed by atoms with Crippen molar-refractivity contribution in [1.82, 2.24) is 24.1 Å². The molecular weight excluding hydrogens is 318 g/mol. The first-order chi connectivity index (χ1) is 12.2. The lowest BCUT2D eigenvalue weighted by molar-refractivity contribution is 0.109. The summed E-state index contributed by atoms with van der Waals surface area (Å²) in [4.78, 5) is 14.9.